The molecule has 0 aliphatic rings. The maximum Gasteiger partial charge on any atom is 0.227 e. The van der Waals surface area contributed by atoms with Crippen molar-refractivity contribution in [2.24, 2.45) is 0 Å². The molecule has 0 unspecified atom stereocenters. The predicted molar refractivity (Wildman–Crippen MR) is 101 cm³/mol. The summed E-state index contributed by atoms with van der Waals surface area (Å²) in [4.78, 5) is 16.4. The molecule has 0 saturated heterocycles. The molecule has 0 fully saturated rings. The van der Waals surface area contributed by atoms with Gasteiger partial charge >= 0.3 is 0 Å². The second-order valence-corrected chi connectivity index (χ2v) is 5.53. The molecular formula is C20H19N3O3. The fourth-order valence-electron chi connectivity index (χ4n) is 2.28. The van der Waals surface area contributed by atoms with Crippen molar-refractivity contribution in [1.82, 2.24) is 4.98 Å². The Morgan fingerprint density at radius 1 is 1.00 bits per heavy atom. The van der Waals surface area contributed by atoms with Crippen molar-refractivity contribution >= 4 is 23.1 Å². The van der Waals surface area contributed by atoms with E-state index in [9.17, 15) is 9.90 Å². The SMILES string of the molecule is O=C(CCOc1ccccc1)Nc1cccnc1Nc1ccc(O)cc1. The number of phenols is 1. The smallest absolute Gasteiger partial charge is 0.227 e. The highest BCUT2D eigenvalue weighted by Gasteiger charge is 2.08. The summed E-state index contributed by atoms with van der Waals surface area (Å²) in [6.45, 7) is 0.289. The third-order valence-electron chi connectivity index (χ3n) is 3.55. The highest BCUT2D eigenvalue weighted by Crippen LogP contribution is 2.24. The summed E-state index contributed by atoms with van der Waals surface area (Å²) in [5.74, 6) is 1.28. The van der Waals surface area contributed by atoms with Crippen LogP contribution in [0.4, 0.5) is 17.2 Å². The molecule has 3 N–H and O–H groups in total. The summed E-state index contributed by atoms with van der Waals surface area (Å²) in [7, 11) is 0. The number of hydrogen-bond donors (Lipinski definition) is 3. The third kappa shape index (κ3) is 4.98. The van der Waals surface area contributed by atoms with E-state index < -0.39 is 0 Å². The van der Waals surface area contributed by atoms with Crippen molar-refractivity contribution in [3.8, 4) is 11.5 Å². The van der Waals surface area contributed by atoms with Crippen LogP contribution < -0.4 is 15.4 Å². The second kappa shape index (κ2) is 8.53. The first-order valence-corrected chi connectivity index (χ1v) is 8.19. The molecule has 6 heteroatoms. The van der Waals surface area contributed by atoms with E-state index >= 15 is 0 Å². The van der Waals surface area contributed by atoms with E-state index in [1.165, 1.54) is 0 Å². The zero-order chi connectivity index (χ0) is 18.2. The number of nitrogens with one attached hydrogen (secondary N) is 2. The maximum absolute atomic E-state index is 12.2. The van der Waals surface area contributed by atoms with Crippen LogP contribution in [-0.2, 0) is 4.79 Å². The average molecular weight is 349 g/mol. The molecular weight excluding hydrogens is 330 g/mol. The third-order valence-corrected chi connectivity index (χ3v) is 3.55. The highest BCUT2D eigenvalue weighted by atomic mass is 16.5. The minimum atomic E-state index is -0.164. The number of ether oxygens (including phenoxy) is 1. The van der Waals surface area contributed by atoms with Crippen molar-refractivity contribution < 1.29 is 14.6 Å². The van der Waals surface area contributed by atoms with Gasteiger partial charge in [0.25, 0.3) is 0 Å². The molecule has 0 bridgehead atoms. The van der Waals surface area contributed by atoms with Crippen LogP contribution in [0.15, 0.2) is 72.9 Å². The minimum Gasteiger partial charge on any atom is -0.508 e. The van der Waals surface area contributed by atoms with Gasteiger partial charge in [-0.25, -0.2) is 4.98 Å². The quantitative estimate of drug-likeness (QED) is 0.563. The molecule has 0 atom stereocenters. The number of benzene rings is 2. The van der Waals surface area contributed by atoms with Gasteiger partial charge in [-0.15, -0.1) is 0 Å². The first kappa shape index (κ1) is 17.3. The van der Waals surface area contributed by atoms with Crippen molar-refractivity contribution in [3.05, 3.63) is 72.9 Å². The van der Waals surface area contributed by atoms with Crippen LogP contribution >= 0.6 is 0 Å². The van der Waals surface area contributed by atoms with Crippen molar-refractivity contribution in [2.45, 2.75) is 6.42 Å². The molecule has 1 aromatic heterocycles. The summed E-state index contributed by atoms with van der Waals surface area (Å²) in [6.07, 6.45) is 1.86. The van der Waals surface area contributed by atoms with Crippen LogP contribution in [-0.4, -0.2) is 22.6 Å². The lowest BCUT2D eigenvalue weighted by molar-refractivity contribution is -0.116. The molecule has 2 aromatic carbocycles. The topological polar surface area (TPSA) is 83.5 Å². The fraction of sp³-hybridized carbons (Fsp3) is 0.100. The molecule has 1 heterocycles. The van der Waals surface area contributed by atoms with Gasteiger partial charge in [0, 0.05) is 11.9 Å². The number of rotatable bonds is 7. The van der Waals surface area contributed by atoms with Gasteiger partial charge in [-0.05, 0) is 48.5 Å². The van der Waals surface area contributed by atoms with Crippen LogP contribution in [0.5, 0.6) is 11.5 Å². The van der Waals surface area contributed by atoms with Gasteiger partial charge < -0.3 is 20.5 Å². The zero-order valence-electron chi connectivity index (χ0n) is 14.1. The van der Waals surface area contributed by atoms with Crippen LogP contribution in [0.2, 0.25) is 0 Å². The number of carbonyl (C=O) groups excluding carboxylic acids is 1. The number of aromatic hydroxyl groups is 1. The lowest BCUT2D eigenvalue weighted by Crippen LogP contribution is -2.16. The molecule has 0 aliphatic heterocycles. The molecule has 3 aromatic rings. The number of hydrogen-bond acceptors (Lipinski definition) is 5. The number of phenolic OH excluding ortho intramolecular Hbond substituents is 1. The van der Waals surface area contributed by atoms with Gasteiger partial charge in [0.1, 0.15) is 11.5 Å². The molecule has 0 saturated carbocycles. The molecule has 26 heavy (non-hydrogen) atoms. The van der Waals surface area contributed by atoms with Gasteiger partial charge in [0.2, 0.25) is 5.91 Å². The Kier molecular flexibility index (Phi) is 5.67. The van der Waals surface area contributed by atoms with Crippen molar-refractivity contribution in [3.63, 3.8) is 0 Å². The van der Waals surface area contributed by atoms with E-state index in [1.807, 2.05) is 30.3 Å². The van der Waals surface area contributed by atoms with Crippen LogP contribution in [0.1, 0.15) is 6.42 Å². The molecule has 132 valence electrons. The van der Waals surface area contributed by atoms with E-state index in [4.69, 9.17) is 4.74 Å². The molecule has 3 rings (SSSR count). The van der Waals surface area contributed by atoms with Crippen LogP contribution in [0, 0.1) is 0 Å². The van der Waals surface area contributed by atoms with Gasteiger partial charge in [0.15, 0.2) is 5.82 Å². The van der Waals surface area contributed by atoms with E-state index in [0.717, 1.165) is 11.4 Å². The molecule has 0 spiro atoms. The average Bonchev–Trinajstić information content (AvgIpc) is 2.66. The lowest BCUT2D eigenvalue weighted by atomic mass is 10.3. The standard InChI is InChI=1S/C20H19N3O3/c24-16-10-8-15(9-11-16)22-20-18(7-4-13-21-20)23-19(25)12-14-26-17-5-2-1-3-6-17/h1-11,13,24H,12,14H2,(H,21,22)(H,23,25). The second-order valence-electron chi connectivity index (χ2n) is 5.53. The zero-order valence-corrected chi connectivity index (χ0v) is 14.1. The molecule has 0 aliphatic carbocycles. The maximum atomic E-state index is 12.2. The van der Waals surface area contributed by atoms with Crippen molar-refractivity contribution in [1.29, 1.82) is 0 Å². The largest absolute Gasteiger partial charge is 0.508 e. The Hall–Kier alpha value is -3.54. The Bertz CT molecular complexity index is 852. The number of anilines is 3. The number of amides is 1. The molecule has 6 nitrogen and oxygen atoms in total. The summed E-state index contributed by atoms with van der Waals surface area (Å²) in [5.41, 5.74) is 1.33. The van der Waals surface area contributed by atoms with Gasteiger partial charge in [-0.3, -0.25) is 4.79 Å². The van der Waals surface area contributed by atoms with Crippen molar-refractivity contribution in [2.75, 3.05) is 17.2 Å². The Morgan fingerprint density at radius 2 is 1.77 bits per heavy atom. The number of aromatic nitrogens is 1. The van der Waals surface area contributed by atoms with Crippen LogP contribution in [0.3, 0.4) is 0 Å². The summed E-state index contributed by atoms with van der Waals surface area (Å²) >= 11 is 0. The summed E-state index contributed by atoms with van der Waals surface area (Å²) in [5, 5.41) is 15.3. The monoisotopic (exact) mass is 349 g/mol. The Balaban J connectivity index is 1.57. The van der Waals surface area contributed by atoms with E-state index in [2.05, 4.69) is 15.6 Å². The van der Waals surface area contributed by atoms with Gasteiger partial charge in [-0.1, -0.05) is 18.2 Å². The number of para-hydroxylation sites is 1. The Labute approximate surface area is 151 Å². The molecule has 0 radical (unpaired) electrons. The fourth-order valence-corrected chi connectivity index (χ4v) is 2.28. The first-order valence-electron chi connectivity index (χ1n) is 8.19. The Morgan fingerprint density at radius 3 is 2.54 bits per heavy atom. The summed E-state index contributed by atoms with van der Waals surface area (Å²) < 4.78 is 5.54. The highest BCUT2D eigenvalue weighted by molar-refractivity contribution is 5.94. The number of pyridine rings is 1. The number of nitrogens with zero attached hydrogens (tertiary/aromatic N) is 1. The number of carbonyl (C=O) groups is 1. The normalized spacial score (nSPS) is 10.2. The minimum absolute atomic E-state index is 0.164. The van der Waals surface area contributed by atoms with E-state index in [-0.39, 0.29) is 24.7 Å². The summed E-state index contributed by atoms with van der Waals surface area (Å²) in [6, 6.07) is 19.5. The van der Waals surface area contributed by atoms with Gasteiger partial charge in [0.05, 0.1) is 18.7 Å². The predicted octanol–water partition coefficient (Wildman–Crippen LogP) is 3.94. The van der Waals surface area contributed by atoms with E-state index in [0.29, 0.717) is 11.5 Å². The molecule has 1 amide bonds. The first-order chi connectivity index (χ1) is 12.7. The van der Waals surface area contributed by atoms with E-state index in [1.54, 1.807) is 42.6 Å². The lowest BCUT2D eigenvalue weighted by Gasteiger charge is -2.12. The van der Waals surface area contributed by atoms with Crippen LogP contribution in [0.25, 0.3) is 0 Å². The van der Waals surface area contributed by atoms with Gasteiger partial charge in [-0.2, -0.15) is 0 Å².